The van der Waals surface area contributed by atoms with E-state index in [1.807, 2.05) is 42.5 Å². The minimum atomic E-state index is -1.52. The number of amides is 2. The maximum atomic E-state index is 13.3. The number of hydrogen-bond acceptors (Lipinski definition) is 15. The minimum Gasteiger partial charge on any atom is -0.481 e. The van der Waals surface area contributed by atoms with E-state index in [9.17, 15) is 60.0 Å². The van der Waals surface area contributed by atoms with Crippen LogP contribution in [0, 0.1) is 0 Å². The molecule has 0 radical (unpaired) electrons. The number of unbranched alkanes of at least 4 members (excludes halogenated alkanes) is 4. The van der Waals surface area contributed by atoms with Gasteiger partial charge in [-0.05, 0) is 74.4 Å². The van der Waals surface area contributed by atoms with E-state index in [0.29, 0.717) is 38.8 Å². The number of carbonyl (C=O) groups is 4. The standard InChI is InChI=1S/C53H74N4O16/c1-52(2)32-24-30(26-40(58)54-28-36-44(64)46(66)48(68)50(70-5)72-36)18-20-34(32)56(22-11-7-9-16-42(60)61)38(52)14-13-15-39-53(3,4)33-25-31(19-21-35(33)57(39)23-12-8-10-17-43(62)63)27-41(59)55-29-37-45(65)47(67)49(69)51(71-6)73-37/h13-15,18-21,24-25,36-37,44-51,64-69H,7-12,16-17,22-23,26-29H2,1-6H3,(H3-,54,55,58,59,60,61,62,63)/p+1/t36-,37-,44-,45-,46+,47+,48-,49-,50+,51+/m1/s1. The zero-order valence-corrected chi connectivity index (χ0v) is 42.6. The van der Waals surface area contributed by atoms with Gasteiger partial charge in [-0.3, -0.25) is 19.2 Å². The third-order valence-corrected chi connectivity index (χ3v) is 14.5. The molecule has 0 aliphatic carbocycles. The molecule has 20 heteroatoms. The number of fused-ring (bicyclic) bond motifs is 2. The third kappa shape index (κ3) is 13.4. The van der Waals surface area contributed by atoms with Gasteiger partial charge < -0.3 is 75.3 Å². The molecule has 402 valence electrons. The lowest BCUT2D eigenvalue weighted by molar-refractivity contribution is -0.438. The second-order valence-corrected chi connectivity index (χ2v) is 20.4. The highest BCUT2D eigenvalue weighted by atomic mass is 16.7. The number of carboxylic acid groups (broad SMARTS) is 2. The van der Waals surface area contributed by atoms with Crippen molar-refractivity contribution >= 4 is 40.8 Å². The average Bonchev–Trinajstić information content (AvgIpc) is 3.68. The summed E-state index contributed by atoms with van der Waals surface area (Å²) >= 11 is 0. The molecule has 0 aromatic heterocycles. The van der Waals surface area contributed by atoms with Gasteiger partial charge in [-0.1, -0.05) is 44.5 Å². The van der Waals surface area contributed by atoms with Gasteiger partial charge in [0.1, 0.15) is 55.4 Å². The zero-order chi connectivity index (χ0) is 53.4. The van der Waals surface area contributed by atoms with Gasteiger partial charge in [0.25, 0.3) is 0 Å². The van der Waals surface area contributed by atoms with Crippen molar-refractivity contribution in [2.45, 2.75) is 164 Å². The molecule has 2 amide bonds. The number of nitrogens with zero attached hydrogens (tertiary/aromatic N) is 2. The molecule has 2 aromatic rings. The van der Waals surface area contributed by atoms with E-state index >= 15 is 0 Å². The van der Waals surface area contributed by atoms with E-state index < -0.39 is 84.2 Å². The van der Waals surface area contributed by atoms with Gasteiger partial charge in [0, 0.05) is 87.6 Å². The van der Waals surface area contributed by atoms with Gasteiger partial charge in [-0.15, -0.1) is 0 Å². The van der Waals surface area contributed by atoms with Crippen molar-refractivity contribution in [3.63, 3.8) is 0 Å². The van der Waals surface area contributed by atoms with Gasteiger partial charge in [0.2, 0.25) is 17.5 Å². The van der Waals surface area contributed by atoms with Gasteiger partial charge in [0.15, 0.2) is 18.3 Å². The topological polar surface area (TPSA) is 297 Å². The Balaban J connectivity index is 1.23. The number of methoxy groups -OCH3 is 2. The predicted octanol–water partition coefficient (Wildman–Crippen LogP) is 1.82. The summed E-state index contributed by atoms with van der Waals surface area (Å²) in [5.41, 5.74) is 6.28. The van der Waals surface area contributed by atoms with Crippen LogP contribution in [0.5, 0.6) is 0 Å². The van der Waals surface area contributed by atoms with Crippen LogP contribution in [0.4, 0.5) is 11.4 Å². The number of aliphatic carboxylic acids is 2. The summed E-state index contributed by atoms with van der Waals surface area (Å²) in [5.74, 6) is -2.37. The summed E-state index contributed by atoms with van der Waals surface area (Å²) in [6, 6.07) is 11.8. The summed E-state index contributed by atoms with van der Waals surface area (Å²) < 4.78 is 23.6. The molecule has 0 saturated carbocycles. The third-order valence-electron chi connectivity index (χ3n) is 14.5. The lowest BCUT2D eigenvalue weighted by Crippen LogP contribution is -2.60. The van der Waals surface area contributed by atoms with Crippen LogP contribution < -0.4 is 15.5 Å². The van der Waals surface area contributed by atoms with Crippen molar-refractivity contribution in [2.24, 2.45) is 0 Å². The van der Waals surface area contributed by atoms with E-state index in [1.165, 1.54) is 14.2 Å². The summed E-state index contributed by atoms with van der Waals surface area (Å²) in [5, 5.41) is 85.9. The van der Waals surface area contributed by atoms with E-state index in [1.54, 1.807) is 0 Å². The van der Waals surface area contributed by atoms with Gasteiger partial charge in [-0.25, -0.2) is 0 Å². The fourth-order valence-electron chi connectivity index (χ4n) is 10.3. The second-order valence-electron chi connectivity index (χ2n) is 20.4. The number of aliphatic hydroxyl groups excluding tert-OH is 6. The molecule has 4 aliphatic rings. The number of benzene rings is 2. The number of carbonyl (C=O) groups excluding carboxylic acids is 2. The molecule has 0 unspecified atom stereocenters. The molecule has 2 aromatic carbocycles. The Morgan fingerprint density at radius 3 is 1.68 bits per heavy atom. The van der Waals surface area contributed by atoms with Crippen LogP contribution in [0.2, 0.25) is 0 Å². The Morgan fingerprint density at radius 1 is 0.658 bits per heavy atom. The first-order chi connectivity index (χ1) is 34.6. The van der Waals surface area contributed by atoms with Gasteiger partial charge in [0.05, 0.1) is 18.3 Å². The summed E-state index contributed by atoms with van der Waals surface area (Å²) in [4.78, 5) is 51.5. The van der Waals surface area contributed by atoms with Crippen LogP contribution >= 0.6 is 0 Å². The highest BCUT2D eigenvalue weighted by Crippen LogP contribution is 2.48. The Morgan fingerprint density at radius 2 is 1.16 bits per heavy atom. The van der Waals surface area contributed by atoms with Crippen molar-refractivity contribution < 1.29 is 83.6 Å². The van der Waals surface area contributed by atoms with Gasteiger partial charge in [-0.2, -0.15) is 4.58 Å². The highest BCUT2D eigenvalue weighted by Gasteiger charge is 2.47. The van der Waals surface area contributed by atoms with Crippen LogP contribution in [0.1, 0.15) is 101 Å². The number of ether oxygens (including phenoxy) is 4. The molecule has 10 N–H and O–H groups in total. The van der Waals surface area contributed by atoms with Crippen molar-refractivity contribution in [1.29, 1.82) is 0 Å². The van der Waals surface area contributed by atoms with Crippen LogP contribution in [0.25, 0.3) is 0 Å². The van der Waals surface area contributed by atoms with Crippen LogP contribution in [-0.4, -0.2) is 177 Å². The van der Waals surface area contributed by atoms with Crippen LogP contribution in [0.15, 0.2) is 60.3 Å². The molecular weight excluding hydrogens is 949 g/mol. The van der Waals surface area contributed by atoms with E-state index in [-0.39, 0.29) is 50.6 Å². The Kier molecular flexibility index (Phi) is 19.5. The van der Waals surface area contributed by atoms with Crippen LogP contribution in [0.3, 0.4) is 0 Å². The first-order valence-corrected chi connectivity index (χ1v) is 25.1. The monoisotopic (exact) mass is 1020 g/mol. The molecule has 0 spiro atoms. The molecule has 4 aliphatic heterocycles. The van der Waals surface area contributed by atoms with E-state index in [2.05, 4.69) is 60.0 Å². The van der Waals surface area contributed by atoms with E-state index in [4.69, 9.17) is 18.9 Å². The fourth-order valence-corrected chi connectivity index (χ4v) is 10.3. The normalized spacial score (nSPS) is 27.8. The number of rotatable bonds is 24. The maximum absolute atomic E-state index is 13.3. The van der Waals surface area contributed by atoms with Crippen molar-refractivity contribution in [2.75, 3.05) is 45.3 Å². The largest absolute Gasteiger partial charge is 0.481 e. The summed E-state index contributed by atoms with van der Waals surface area (Å²) in [6.45, 7) is 9.43. The summed E-state index contributed by atoms with van der Waals surface area (Å²) in [7, 11) is 2.60. The average molecular weight is 1020 g/mol. The van der Waals surface area contributed by atoms with Crippen molar-refractivity contribution in [3.05, 3.63) is 82.6 Å². The first-order valence-electron chi connectivity index (χ1n) is 25.1. The minimum absolute atomic E-state index is 0.0112. The smallest absolute Gasteiger partial charge is 0.303 e. The molecule has 2 fully saturated rings. The quantitative estimate of drug-likeness (QED) is 0.0530. The lowest BCUT2D eigenvalue weighted by atomic mass is 9.80. The number of anilines is 1. The second kappa shape index (κ2) is 24.9. The molecule has 0 bridgehead atoms. The van der Waals surface area contributed by atoms with E-state index in [0.717, 1.165) is 57.9 Å². The highest BCUT2D eigenvalue weighted by molar-refractivity contribution is 6.03. The number of aliphatic hydroxyl groups is 6. The Hall–Kier alpha value is -5.13. The number of hydrogen-bond donors (Lipinski definition) is 10. The Bertz CT molecular complexity index is 2380. The summed E-state index contributed by atoms with van der Waals surface area (Å²) in [6.07, 6.45) is -2.90. The van der Waals surface area contributed by atoms with Crippen molar-refractivity contribution in [3.8, 4) is 0 Å². The fraction of sp³-hybridized carbons (Fsp3) is 0.604. The Labute approximate surface area is 425 Å². The SMILES string of the molecule is CO[C@H]1O[C@H](CNC(=O)Cc2ccc3c(c2)C(C)(C)C(/C=C/C=C2/N(CCCCCC(=O)O)c4ccc(CC(=O)NC[C@H]5O[C@H](OC)[C@H](O)[C@@H](O)[C@@H]5O)cc4C2(C)C)=[N+]3CCCCCC(=O)O)[C@@H](O)[C@H](O)[C@H]1O. The first kappa shape index (κ1) is 57.2. The van der Waals surface area contributed by atoms with Crippen molar-refractivity contribution in [1.82, 2.24) is 10.6 Å². The number of carboxylic acids is 2. The number of allylic oxidation sites excluding steroid dienone is 4. The maximum Gasteiger partial charge on any atom is 0.303 e. The molecule has 73 heavy (non-hydrogen) atoms. The van der Waals surface area contributed by atoms with Gasteiger partial charge >= 0.3 is 11.9 Å². The molecular formula is C53H75N4O16+. The molecule has 6 rings (SSSR count). The molecule has 2 saturated heterocycles. The molecule has 4 heterocycles. The number of nitrogens with one attached hydrogen (secondary N) is 2. The lowest BCUT2D eigenvalue weighted by Gasteiger charge is -2.39. The predicted molar refractivity (Wildman–Crippen MR) is 266 cm³/mol. The molecule has 20 nitrogen and oxygen atoms in total. The van der Waals surface area contributed by atoms with Crippen LogP contribution in [-0.2, 0) is 61.8 Å². The molecule has 10 atom stereocenters. The zero-order valence-electron chi connectivity index (χ0n) is 42.6.